The van der Waals surface area contributed by atoms with E-state index in [1.165, 1.54) is 23.5 Å². The quantitative estimate of drug-likeness (QED) is 0.463. The monoisotopic (exact) mass is 352 g/mol. The number of nitrogens with one attached hydrogen (secondary N) is 2. The summed E-state index contributed by atoms with van der Waals surface area (Å²) in [6, 6.07) is 21.1. The van der Waals surface area contributed by atoms with Crippen LogP contribution >= 0.6 is 23.5 Å². The number of aliphatic imine (C=N–C) groups is 1. The number of benzene rings is 2. The number of nitrogens with zero attached hydrogens (tertiary/aromatic N) is 2. The molecule has 2 aromatic rings. The molecule has 1 unspecified atom stereocenters. The zero-order valence-electron chi connectivity index (χ0n) is 13.1. The van der Waals surface area contributed by atoms with Gasteiger partial charge in [-0.25, -0.2) is 0 Å². The minimum atomic E-state index is -0.844. The maximum Gasteiger partial charge on any atom is 0.138 e. The van der Waals surface area contributed by atoms with E-state index in [1.54, 1.807) is 7.05 Å². The molecule has 0 heterocycles. The average Bonchev–Trinajstić information content (AvgIpc) is 2.61. The van der Waals surface area contributed by atoms with E-state index in [4.69, 9.17) is 10.8 Å². The Morgan fingerprint density at radius 2 is 1.46 bits per heavy atom. The summed E-state index contributed by atoms with van der Waals surface area (Å²) in [7, 11) is 1.56. The fourth-order valence-electron chi connectivity index (χ4n) is 1.94. The van der Waals surface area contributed by atoms with Crippen molar-refractivity contribution in [2.75, 3.05) is 7.05 Å². The Balaban J connectivity index is 2.13. The van der Waals surface area contributed by atoms with Gasteiger partial charge in [-0.05, 0) is 24.3 Å². The van der Waals surface area contributed by atoms with Crippen LogP contribution < -0.4 is 0 Å². The van der Waals surface area contributed by atoms with E-state index in [0.717, 1.165) is 9.79 Å². The van der Waals surface area contributed by atoms with Gasteiger partial charge in [0.25, 0.3) is 0 Å². The predicted molar refractivity (Wildman–Crippen MR) is 103 cm³/mol. The van der Waals surface area contributed by atoms with Gasteiger partial charge in [-0.1, -0.05) is 59.9 Å². The molecular weight excluding hydrogens is 336 g/mol. The van der Waals surface area contributed by atoms with Crippen molar-refractivity contribution in [2.24, 2.45) is 10.9 Å². The lowest BCUT2D eigenvalue weighted by atomic mass is 10.1. The van der Waals surface area contributed by atoms with Crippen LogP contribution in [0.15, 0.2) is 75.4 Å². The third-order valence-electron chi connectivity index (χ3n) is 3.07. The van der Waals surface area contributed by atoms with Gasteiger partial charge >= 0.3 is 0 Å². The third-order valence-corrected chi connectivity index (χ3v) is 4.96. The van der Waals surface area contributed by atoms with Crippen molar-refractivity contribution in [1.29, 1.82) is 16.1 Å². The van der Waals surface area contributed by atoms with E-state index >= 15 is 0 Å². The molecular formula is C18H16N4S2. The molecule has 0 amide bonds. The lowest BCUT2D eigenvalue weighted by Crippen LogP contribution is -2.25. The molecule has 0 saturated carbocycles. The van der Waals surface area contributed by atoms with Crippen molar-refractivity contribution < 1.29 is 0 Å². The second-order valence-electron chi connectivity index (χ2n) is 4.69. The van der Waals surface area contributed by atoms with Gasteiger partial charge in [-0.3, -0.25) is 15.8 Å². The van der Waals surface area contributed by atoms with Crippen LogP contribution in [0, 0.1) is 28.1 Å². The van der Waals surface area contributed by atoms with Crippen molar-refractivity contribution in [1.82, 2.24) is 0 Å². The summed E-state index contributed by atoms with van der Waals surface area (Å²) < 4.78 is 0. The Morgan fingerprint density at radius 3 is 1.92 bits per heavy atom. The largest absolute Gasteiger partial charge is 0.296 e. The molecule has 2 N–H and O–H groups in total. The molecule has 2 rings (SSSR count). The highest BCUT2D eigenvalue weighted by molar-refractivity contribution is 8.16. The molecule has 0 spiro atoms. The van der Waals surface area contributed by atoms with Crippen LogP contribution in [0.25, 0.3) is 0 Å². The van der Waals surface area contributed by atoms with Crippen molar-refractivity contribution in [3.8, 4) is 6.07 Å². The Labute approximate surface area is 150 Å². The molecule has 0 aliphatic heterocycles. The van der Waals surface area contributed by atoms with Gasteiger partial charge in [0.05, 0.1) is 16.8 Å². The Kier molecular flexibility index (Phi) is 6.79. The van der Waals surface area contributed by atoms with Crippen molar-refractivity contribution in [3.05, 3.63) is 60.7 Å². The Morgan fingerprint density at radius 1 is 0.958 bits per heavy atom. The first-order valence-corrected chi connectivity index (χ1v) is 8.78. The van der Waals surface area contributed by atoms with Gasteiger partial charge in [0, 0.05) is 16.8 Å². The summed E-state index contributed by atoms with van der Waals surface area (Å²) in [6.45, 7) is 0. The summed E-state index contributed by atoms with van der Waals surface area (Å²) in [5.74, 6) is -0.844. The highest BCUT2D eigenvalue weighted by Crippen LogP contribution is 2.26. The number of hydrogen-bond donors (Lipinski definition) is 2. The first kappa shape index (κ1) is 18.0. The Bertz CT molecular complexity index is 780. The minimum Gasteiger partial charge on any atom is -0.296 e. The van der Waals surface area contributed by atoms with E-state index in [9.17, 15) is 5.26 Å². The van der Waals surface area contributed by atoms with Gasteiger partial charge in [-0.2, -0.15) is 5.26 Å². The standard InChI is InChI=1S/C18H16N4S2/c1-22-16(18(21)24-14-10-6-3-7-11-14)15(12-19)17(20)23-13-8-4-2-5-9-13/h2-11,15,20-21H,1H3. The molecule has 0 saturated heterocycles. The van der Waals surface area contributed by atoms with E-state index in [1.807, 2.05) is 60.7 Å². The highest BCUT2D eigenvalue weighted by atomic mass is 32.2. The van der Waals surface area contributed by atoms with Crippen molar-refractivity contribution in [3.63, 3.8) is 0 Å². The molecule has 24 heavy (non-hydrogen) atoms. The SMILES string of the molecule is CN=C(C(=N)Sc1ccccc1)C(C#N)C(=N)Sc1ccccc1. The zero-order valence-corrected chi connectivity index (χ0v) is 14.7. The van der Waals surface area contributed by atoms with E-state index in [0.29, 0.717) is 5.71 Å². The van der Waals surface area contributed by atoms with E-state index in [2.05, 4.69) is 11.1 Å². The number of nitriles is 1. The van der Waals surface area contributed by atoms with Gasteiger partial charge < -0.3 is 0 Å². The summed E-state index contributed by atoms with van der Waals surface area (Å²) in [5.41, 5.74) is 0.319. The van der Waals surface area contributed by atoms with Gasteiger partial charge in [0.2, 0.25) is 0 Å². The fraction of sp³-hybridized carbons (Fsp3) is 0.111. The topological polar surface area (TPSA) is 83.8 Å². The highest BCUT2D eigenvalue weighted by Gasteiger charge is 2.25. The van der Waals surface area contributed by atoms with Crippen LogP contribution in [-0.4, -0.2) is 22.8 Å². The molecule has 0 bridgehead atoms. The number of hydrogen-bond acceptors (Lipinski definition) is 6. The van der Waals surface area contributed by atoms with Crippen LogP contribution in [0.1, 0.15) is 0 Å². The van der Waals surface area contributed by atoms with Crippen LogP contribution in [0.5, 0.6) is 0 Å². The van der Waals surface area contributed by atoms with Gasteiger partial charge in [0.15, 0.2) is 0 Å². The van der Waals surface area contributed by atoms with E-state index < -0.39 is 5.92 Å². The van der Waals surface area contributed by atoms with Crippen LogP contribution in [0.2, 0.25) is 0 Å². The Hall–Kier alpha value is -2.36. The first-order valence-electron chi connectivity index (χ1n) is 7.15. The number of rotatable bonds is 5. The minimum absolute atomic E-state index is 0.169. The maximum atomic E-state index is 9.50. The molecule has 6 heteroatoms. The first-order chi connectivity index (χ1) is 11.7. The van der Waals surface area contributed by atoms with Crippen molar-refractivity contribution in [2.45, 2.75) is 9.79 Å². The molecule has 1 atom stereocenters. The fourth-order valence-corrected chi connectivity index (χ4v) is 3.61. The predicted octanol–water partition coefficient (Wildman–Crippen LogP) is 4.74. The maximum absolute atomic E-state index is 9.50. The molecule has 0 fully saturated rings. The van der Waals surface area contributed by atoms with Gasteiger partial charge in [0.1, 0.15) is 11.0 Å². The molecule has 0 aliphatic rings. The average molecular weight is 352 g/mol. The smallest absolute Gasteiger partial charge is 0.138 e. The van der Waals surface area contributed by atoms with Crippen LogP contribution in [-0.2, 0) is 0 Å². The summed E-state index contributed by atoms with van der Waals surface area (Å²) in [5, 5.41) is 26.4. The zero-order chi connectivity index (χ0) is 17.4. The molecule has 0 aromatic heterocycles. The van der Waals surface area contributed by atoms with Crippen LogP contribution in [0.3, 0.4) is 0 Å². The molecule has 4 nitrogen and oxygen atoms in total. The lowest BCUT2D eigenvalue weighted by molar-refractivity contribution is 1.20. The summed E-state index contributed by atoms with van der Waals surface area (Å²) in [6.07, 6.45) is 0. The number of thioether (sulfide) groups is 2. The molecule has 2 aromatic carbocycles. The summed E-state index contributed by atoms with van der Waals surface area (Å²) >= 11 is 2.46. The molecule has 120 valence electrons. The lowest BCUT2D eigenvalue weighted by Gasteiger charge is -2.14. The normalized spacial score (nSPS) is 12.2. The van der Waals surface area contributed by atoms with Gasteiger partial charge in [-0.15, -0.1) is 0 Å². The third kappa shape index (κ3) is 4.82. The second kappa shape index (κ2) is 9.06. The van der Waals surface area contributed by atoms with E-state index in [-0.39, 0.29) is 10.1 Å². The van der Waals surface area contributed by atoms with Crippen LogP contribution in [0.4, 0.5) is 0 Å². The summed E-state index contributed by atoms with van der Waals surface area (Å²) in [4.78, 5) is 5.91. The molecule has 0 radical (unpaired) electrons. The second-order valence-corrected chi connectivity index (χ2v) is 6.89. The molecule has 0 aliphatic carbocycles. The van der Waals surface area contributed by atoms with Crippen molar-refractivity contribution >= 4 is 39.3 Å².